The van der Waals surface area contributed by atoms with E-state index in [-0.39, 0.29) is 5.91 Å². The van der Waals surface area contributed by atoms with Gasteiger partial charge in [-0.15, -0.1) is 11.3 Å². The van der Waals surface area contributed by atoms with Crippen molar-refractivity contribution < 1.29 is 4.79 Å². The summed E-state index contributed by atoms with van der Waals surface area (Å²) in [5.41, 5.74) is 1.46. The standard InChI is InChI=1S/C16H20N4OS/c1-10-2-3-11-12(8-10)22-16-14(11)15(18-9-19-16)20-6-4-13(21)17-5-7-20/h9-10H,2-8H2,1H3,(H,17,21)/t10-/m1/s1. The summed E-state index contributed by atoms with van der Waals surface area (Å²) in [4.78, 5) is 25.5. The Morgan fingerprint density at radius 1 is 1.32 bits per heavy atom. The monoisotopic (exact) mass is 316 g/mol. The predicted molar refractivity (Wildman–Crippen MR) is 88.4 cm³/mol. The van der Waals surface area contributed by atoms with E-state index in [0.717, 1.165) is 42.5 Å². The number of thiophene rings is 1. The van der Waals surface area contributed by atoms with E-state index in [2.05, 4.69) is 27.1 Å². The molecule has 116 valence electrons. The van der Waals surface area contributed by atoms with Crippen LogP contribution < -0.4 is 10.2 Å². The van der Waals surface area contributed by atoms with Crippen LogP contribution in [0.3, 0.4) is 0 Å². The third-order valence-corrected chi connectivity index (χ3v) is 5.85. The van der Waals surface area contributed by atoms with Gasteiger partial charge in [0.05, 0.1) is 5.39 Å². The van der Waals surface area contributed by atoms with Crippen LogP contribution in [0.15, 0.2) is 6.33 Å². The number of carbonyl (C=O) groups excluding carboxylic acids is 1. The van der Waals surface area contributed by atoms with Gasteiger partial charge in [0.25, 0.3) is 0 Å². The Morgan fingerprint density at radius 2 is 2.23 bits per heavy atom. The number of nitrogens with zero attached hydrogens (tertiary/aromatic N) is 3. The van der Waals surface area contributed by atoms with Crippen molar-refractivity contribution in [2.45, 2.75) is 32.6 Å². The minimum atomic E-state index is 0.133. The van der Waals surface area contributed by atoms with Gasteiger partial charge in [0, 0.05) is 30.9 Å². The predicted octanol–water partition coefficient (Wildman–Crippen LogP) is 2.14. The molecule has 1 N–H and O–H groups in total. The summed E-state index contributed by atoms with van der Waals surface area (Å²) in [6.45, 7) is 4.57. The van der Waals surface area contributed by atoms with Crippen LogP contribution in [0.4, 0.5) is 5.82 Å². The van der Waals surface area contributed by atoms with Crippen molar-refractivity contribution in [3.05, 3.63) is 16.8 Å². The van der Waals surface area contributed by atoms with E-state index in [9.17, 15) is 4.79 Å². The highest BCUT2D eigenvalue weighted by Gasteiger charge is 2.25. The van der Waals surface area contributed by atoms with Gasteiger partial charge in [0.1, 0.15) is 17.0 Å². The quantitative estimate of drug-likeness (QED) is 0.876. The summed E-state index contributed by atoms with van der Waals surface area (Å²) in [6, 6.07) is 0. The molecule has 1 fully saturated rings. The first-order valence-corrected chi connectivity index (χ1v) is 8.81. The van der Waals surface area contributed by atoms with Crippen LogP contribution in [-0.4, -0.2) is 35.5 Å². The van der Waals surface area contributed by atoms with Gasteiger partial charge in [-0.2, -0.15) is 0 Å². The van der Waals surface area contributed by atoms with Crippen molar-refractivity contribution in [3.63, 3.8) is 0 Å². The Balaban J connectivity index is 1.79. The molecular weight excluding hydrogens is 296 g/mol. The summed E-state index contributed by atoms with van der Waals surface area (Å²) in [6.07, 6.45) is 5.74. The molecule has 5 nitrogen and oxygen atoms in total. The van der Waals surface area contributed by atoms with Crippen LogP contribution >= 0.6 is 11.3 Å². The van der Waals surface area contributed by atoms with Crippen molar-refractivity contribution in [2.24, 2.45) is 5.92 Å². The highest BCUT2D eigenvalue weighted by molar-refractivity contribution is 7.19. The second kappa shape index (κ2) is 5.50. The lowest BCUT2D eigenvalue weighted by Crippen LogP contribution is -2.29. The molecule has 6 heteroatoms. The Labute approximate surface area is 133 Å². The zero-order valence-electron chi connectivity index (χ0n) is 12.8. The molecule has 2 aromatic heterocycles. The molecule has 0 bridgehead atoms. The number of rotatable bonds is 1. The van der Waals surface area contributed by atoms with Crippen molar-refractivity contribution in [2.75, 3.05) is 24.5 Å². The summed E-state index contributed by atoms with van der Waals surface area (Å²) in [7, 11) is 0. The van der Waals surface area contributed by atoms with Crippen molar-refractivity contribution in [3.8, 4) is 0 Å². The second-order valence-electron chi connectivity index (χ2n) is 6.32. The molecule has 2 aromatic rings. The highest BCUT2D eigenvalue weighted by atomic mass is 32.1. The number of carbonyl (C=O) groups is 1. The Morgan fingerprint density at radius 3 is 3.14 bits per heavy atom. The number of anilines is 1. The van der Waals surface area contributed by atoms with Gasteiger partial charge in [-0.3, -0.25) is 4.79 Å². The van der Waals surface area contributed by atoms with Crippen LogP contribution in [0.25, 0.3) is 10.2 Å². The van der Waals surface area contributed by atoms with Crippen molar-refractivity contribution in [1.29, 1.82) is 0 Å². The third-order valence-electron chi connectivity index (χ3n) is 4.68. The van der Waals surface area contributed by atoms with E-state index in [4.69, 9.17) is 0 Å². The molecule has 1 atom stereocenters. The molecule has 0 saturated carbocycles. The van der Waals surface area contributed by atoms with Crippen LogP contribution in [-0.2, 0) is 17.6 Å². The molecule has 1 aliphatic carbocycles. The zero-order chi connectivity index (χ0) is 15.1. The maximum absolute atomic E-state index is 11.6. The maximum Gasteiger partial charge on any atom is 0.221 e. The summed E-state index contributed by atoms with van der Waals surface area (Å²) < 4.78 is 0. The third kappa shape index (κ3) is 2.35. The van der Waals surface area contributed by atoms with E-state index in [0.29, 0.717) is 13.0 Å². The van der Waals surface area contributed by atoms with Gasteiger partial charge < -0.3 is 10.2 Å². The van der Waals surface area contributed by atoms with Gasteiger partial charge >= 0.3 is 0 Å². The van der Waals surface area contributed by atoms with Crippen LogP contribution in [0.1, 0.15) is 30.2 Å². The van der Waals surface area contributed by atoms with Gasteiger partial charge in [0.15, 0.2) is 0 Å². The number of amides is 1. The van der Waals surface area contributed by atoms with E-state index in [1.807, 2.05) is 11.3 Å². The molecule has 4 rings (SSSR count). The van der Waals surface area contributed by atoms with Crippen LogP contribution in [0.2, 0.25) is 0 Å². The topological polar surface area (TPSA) is 58.1 Å². The zero-order valence-corrected chi connectivity index (χ0v) is 13.6. The second-order valence-corrected chi connectivity index (χ2v) is 7.40. The molecule has 0 unspecified atom stereocenters. The lowest BCUT2D eigenvalue weighted by atomic mass is 9.89. The molecular formula is C16H20N4OS. The maximum atomic E-state index is 11.6. The van der Waals surface area contributed by atoms with Gasteiger partial charge in [-0.05, 0) is 30.7 Å². The van der Waals surface area contributed by atoms with E-state index < -0.39 is 0 Å². The average molecular weight is 316 g/mol. The number of nitrogens with one attached hydrogen (secondary N) is 1. The minimum Gasteiger partial charge on any atom is -0.354 e. The molecule has 0 spiro atoms. The Kier molecular flexibility index (Phi) is 3.48. The fraction of sp³-hybridized carbons (Fsp3) is 0.562. The van der Waals surface area contributed by atoms with Gasteiger partial charge in [0.2, 0.25) is 5.91 Å². The molecule has 1 aliphatic heterocycles. The molecule has 1 saturated heterocycles. The fourth-order valence-corrected chi connectivity index (χ4v) is 4.82. The number of aryl methyl sites for hydroxylation is 1. The molecule has 0 aromatic carbocycles. The van der Waals surface area contributed by atoms with Gasteiger partial charge in [-0.25, -0.2) is 9.97 Å². The molecule has 22 heavy (non-hydrogen) atoms. The summed E-state index contributed by atoms with van der Waals surface area (Å²) in [5, 5.41) is 4.17. The van der Waals surface area contributed by atoms with E-state index in [1.54, 1.807) is 6.33 Å². The smallest absolute Gasteiger partial charge is 0.221 e. The summed E-state index contributed by atoms with van der Waals surface area (Å²) >= 11 is 1.83. The highest BCUT2D eigenvalue weighted by Crippen LogP contribution is 2.40. The van der Waals surface area contributed by atoms with E-state index in [1.165, 1.54) is 22.2 Å². The number of hydrogen-bond acceptors (Lipinski definition) is 5. The molecule has 0 radical (unpaired) electrons. The SMILES string of the molecule is C[C@@H]1CCc2c(sc3ncnc(N4CCNC(=O)CC4)c23)C1. The Bertz CT molecular complexity index is 726. The first kappa shape index (κ1) is 13.9. The minimum absolute atomic E-state index is 0.133. The number of aromatic nitrogens is 2. The van der Waals surface area contributed by atoms with Crippen molar-refractivity contribution in [1.82, 2.24) is 15.3 Å². The first-order chi connectivity index (χ1) is 10.7. The van der Waals surface area contributed by atoms with Crippen LogP contribution in [0, 0.1) is 5.92 Å². The summed E-state index contributed by atoms with van der Waals surface area (Å²) in [5.74, 6) is 1.92. The molecule has 3 heterocycles. The Hall–Kier alpha value is -1.69. The number of hydrogen-bond donors (Lipinski definition) is 1. The first-order valence-electron chi connectivity index (χ1n) is 7.99. The van der Waals surface area contributed by atoms with Gasteiger partial charge in [-0.1, -0.05) is 6.92 Å². The lowest BCUT2D eigenvalue weighted by molar-refractivity contribution is -0.120. The normalized spacial score (nSPS) is 22.3. The number of fused-ring (bicyclic) bond motifs is 3. The van der Waals surface area contributed by atoms with Crippen LogP contribution in [0.5, 0.6) is 0 Å². The largest absolute Gasteiger partial charge is 0.354 e. The fourth-order valence-electron chi connectivity index (χ4n) is 3.48. The average Bonchev–Trinajstić information content (AvgIpc) is 2.73. The molecule has 1 amide bonds. The van der Waals surface area contributed by atoms with Crippen molar-refractivity contribution >= 4 is 33.3 Å². The molecule has 2 aliphatic rings. The lowest BCUT2D eigenvalue weighted by Gasteiger charge is -2.23. The van der Waals surface area contributed by atoms with E-state index >= 15 is 0 Å².